The third-order valence-electron chi connectivity index (χ3n) is 3.84. The Balaban J connectivity index is 2.15. The summed E-state index contributed by atoms with van der Waals surface area (Å²) < 4.78 is 1.97. The number of hydrogen-bond acceptors (Lipinski definition) is 3. The normalized spacial score (nSPS) is 10.6. The Labute approximate surface area is 130 Å². The molecule has 3 rings (SSSR count). The molecule has 0 aliphatic heterocycles. The van der Waals surface area contributed by atoms with Crippen LogP contribution in [0.3, 0.4) is 0 Å². The average Bonchev–Trinajstić information content (AvgIpc) is 2.83. The van der Waals surface area contributed by atoms with Crippen LogP contribution in [-0.4, -0.2) is 18.7 Å². The predicted octanol–water partition coefficient (Wildman–Crippen LogP) is 3.21. The van der Waals surface area contributed by atoms with E-state index in [1.54, 1.807) is 6.07 Å². The molecule has 2 aromatic carbocycles. The first-order chi connectivity index (χ1) is 10.6. The summed E-state index contributed by atoms with van der Waals surface area (Å²) in [5.74, 6) is 0.865. The molecule has 4 nitrogen and oxygen atoms in total. The van der Waals surface area contributed by atoms with E-state index in [9.17, 15) is 5.26 Å². The van der Waals surface area contributed by atoms with E-state index in [0.29, 0.717) is 17.9 Å². The number of nitrogen functional groups attached to an aromatic ring is 1. The van der Waals surface area contributed by atoms with E-state index in [1.165, 1.54) is 16.3 Å². The maximum Gasteiger partial charge on any atom is 0.133 e. The molecule has 0 spiro atoms. The van der Waals surface area contributed by atoms with Gasteiger partial charge in [-0.05, 0) is 22.4 Å². The molecule has 4 heteroatoms. The Morgan fingerprint density at radius 1 is 1.14 bits per heavy atom. The molecule has 0 amide bonds. The summed E-state index contributed by atoms with van der Waals surface area (Å²) in [4.78, 5) is 1.95. The van der Waals surface area contributed by atoms with Crippen molar-refractivity contribution in [2.24, 2.45) is 0 Å². The van der Waals surface area contributed by atoms with Gasteiger partial charge in [0.2, 0.25) is 0 Å². The molecule has 0 radical (unpaired) electrons. The third kappa shape index (κ3) is 2.27. The molecule has 0 aliphatic rings. The van der Waals surface area contributed by atoms with E-state index in [1.807, 2.05) is 41.8 Å². The Hall–Kier alpha value is -2.93. The fraction of sp³-hybridized carbons (Fsp3) is 0.167. The molecule has 0 fully saturated rings. The highest BCUT2D eigenvalue weighted by Crippen LogP contribution is 2.29. The van der Waals surface area contributed by atoms with Crippen molar-refractivity contribution < 1.29 is 0 Å². The monoisotopic (exact) mass is 290 g/mol. The fourth-order valence-corrected chi connectivity index (χ4v) is 2.91. The maximum atomic E-state index is 9.38. The molecular weight excluding hydrogens is 272 g/mol. The van der Waals surface area contributed by atoms with Crippen molar-refractivity contribution >= 4 is 22.3 Å². The largest absolute Gasteiger partial charge is 0.396 e. The number of fused-ring (bicyclic) bond motifs is 1. The van der Waals surface area contributed by atoms with E-state index in [0.717, 1.165) is 5.82 Å². The van der Waals surface area contributed by atoms with Crippen molar-refractivity contribution in [1.82, 2.24) is 4.57 Å². The number of rotatable bonds is 3. The molecule has 0 bridgehead atoms. The van der Waals surface area contributed by atoms with Gasteiger partial charge in [0.25, 0.3) is 0 Å². The number of aromatic nitrogens is 1. The zero-order chi connectivity index (χ0) is 15.7. The summed E-state index contributed by atoms with van der Waals surface area (Å²) in [6, 6.07) is 18.5. The highest BCUT2D eigenvalue weighted by Gasteiger charge is 2.15. The summed E-state index contributed by atoms with van der Waals surface area (Å²) in [6.07, 6.45) is 0. The molecule has 22 heavy (non-hydrogen) atoms. The second kappa shape index (κ2) is 5.45. The summed E-state index contributed by atoms with van der Waals surface area (Å²) in [7, 11) is 3.87. The van der Waals surface area contributed by atoms with Gasteiger partial charge in [0.05, 0.1) is 12.2 Å². The van der Waals surface area contributed by atoms with Crippen LogP contribution in [0.5, 0.6) is 0 Å². The first-order valence-electron chi connectivity index (χ1n) is 7.15. The molecule has 0 saturated heterocycles. The number of nitrogens with two attached hydrogens (primary N) is 1. The highest BCUT2D eigenvalue weighted by atomic mass is 15.2. The summed E-state index contributed by atoms with van der Waals surface area (Å²) >= 11 is 0. The topological polar surface area (TPSA) is 58.0 Å². The Morgan fingerprint density at radius 3 is 2.59 bits per heavy atom. The molecule has 1 aromatic heterocycles. The van der Waals surface area contributed by atoms with Crippen LogP contribution in [0.25, 0.3) is 10.8 Å². The van der Waals surface area contributed by atoms with Crippen molar-refractivity contribution in [3.63, 3.8) is 0 Å². The minimum absolute atomic E-state index is 0.578. The van der Waals surface area contributed by atoms with E-state index < -0.39 is 0 Å². The van der Waals surface area contributed by atoms with Crippen LogP contribution in [0.2, 0.25) is 0 Å². The van der Waals surface area contributed by atoms with Crippen LogP contribution in [0.4, 0.5) is 11.5 Å². The minimum Gasteiger partial charge on any atom is -0.396 e. The maximum absolute atomic E-state index is 9.38. The summed E-state index contributed by atoms with van der Waals surface area (Å²) in [6.45, 7) is 0.620. The van der Waals surface area contributed by atoms with E-state index in [2.05, 4.69) is 30.3 Å². The quantitative estimate of drug-likeness (QED) is 0.805. The molecule has 2 N–H and O–H groups in total. The molecule has 0 saturated carbocycles. The lowest BCUT2D eigenvalue weighted by atomic mass is 10.0. The van der Waals surface area contributed by atoms with Crippen LogP contribution >= 0.6 is 0 Å². The van der Waals surface area contributed by atoms with Crippen LogP contribution in [-0.2, 0) is 6.54 Å². The number of nitrogens with zero attached hydrogens (tertiary/aromatic N) is 3. The Bertz CT molecular complexity index is 863. The molecule has 3 aromatic rings. The van der Waals surface area contributed by atoms with Crippen molar-refractivity contribution in [3.05, 3.63) is 59.8 Å². The Morgan fingerprint density at radius 2 is 1.86 bits per heavy atom. The van der Waals surface area contributed by atoms with Gasteiger partial charge in [0, 0.05) is 14.1 Å². The zero-order valence-corrected chi connectivity index (χ0v) is 12.7. The van der Waals surface area contributed by atoms with E-state index in [4.69, 9.17) is 5.73 Å². The first kappa shape index (κ1) is 14.0. The fourth-order valence-electron chi connectivity index (χ4n) is 2.91. The van der Waals surface area contributed by atoms with Crippen molar-refractivity contribution in [2.75, 3.05) is 24.7 Å². The van der Waals surface area contributed by atoms with Gasteiger partial charge >= 0.3 is 0 Å². The highest BCUT2D eigenvalue weighted by molar-refractivity contribution is 5.85. The lowest BCUT2D eigenvalue weighted by Crippen LogP contribution is -2.17. The minimum atomic E-state index is 0.578. The number of anilines is 2. The smallest absolute Gasteiger partial charge is 0.133 e. The van der Waals surface area contributed by atoms with Gasteiger partial charge in [-0.1, -0.05) is 42.5 Å². The van der Waals surface area contributed by atoms with Gasteiger partial charge in [-0.2, -0.15) is 5.26 Å². The molecule has 110 valence electrons. The van der Waals surface area contributed by atoms with Gasteiger partial charge in [0.15, 0.2) is 0 Å². The lowest BCUT2D eigenvalue weighted by Gasteiger charge is -2.18. The molecule has 0 aliphatic carbocycles. The van der Waals surface area contributed by atoms with Gasteiger partial charge in [0.1, 0.15) is 17.6 Å². The second-order valence-electron chi connectivity index (χ2n) is 5.54. The van der Waals surface area contributed by atoms with Gasteiger partial charge in [-0.15, -0.1) is 0 Å². The molecule has 0 unspecified atom stereocenters. The molecule has 0 atom stereocenters. The first-order valence-corrected chi connectivity index (χ1v) is 7.15. The molecular formula is C18H18N4. The van der Waals surface area contributed by atoms with Crippen molar-refractivity contribution in [2.45, 2.75) is 6.54 Å². The second-order valence-corrected chi connectivity index (χ2v) is 5.54. The standard InChI is InChI=1S/C18H18N4/c1-21(2)18-17(20)10-15(11-19)22(18)12-14-8-5-7-13-6-3-4-9-16(13)14/h3-10H,12,20H2,1-2H3. The van der Waals surface area contributed by atoms with Crippen molar-refractivity contribution in [1.29, 1.82) is 5.26 Å². The predicted molar refractivity (Wildman–Crippen MR) is 90.9 cm³/mol. The van der Waals surface area contributed by atoms with Crippen LogP contribution in [0, 0.1) is 11.3 Å². The number of hydrogen-bond donors (Lipinski definition) is 1. The zero-order valence-electron chi connectivity index (χ0n) is 12.7. The lowest BCUT2D eigenvalue weighted by molar-refractivity contribution is 0.783. The van der Waals surface area contributed by atoms with Gasteiger partial charge < -0.3 is 15.2 Å². The van der Waals surface area contributed by atoms with E-state index >= 15 is 0 Å². The third-order valence-corrected chi connectivity index (χ3v) is 3.84. The molecule has 1 heterocycles. The van der Waals surface area contributed by atoms with Gasteiger partial charge in [-0.3, -0.25) is 0 Å². The average molecular weight is 290 g/mol. The summed E-state index contributed by atoms with van der Waals surface area (Å²) in [5, 5.41) is 11.8. The SMILES string of the molecule is CN(C)c1c(N)cc(C#N)n1Cc1cccc2ccccc12. The van der Waals surface area contributed by atoms with Crippen LogP contribution in [0.15, 0.2) is 48.5 Å². The van der Waals surface area contributed by atoms with Crippen LogP contribution < -0.4 is 10.6 Å². The Kier molecular flexibility index (Phi) is 3.48. The number of benzene rings is 2. The van der Waals surface area contributed by atoms with Crippen LogP contribution in [0.1, 0.15) is 11.3 Å². The van der Waals surface area contributed by atoms with Crippen molar-refractivity contribution in [3.8, 4) is 6.07 Å². The number of nitriles is 1. The van der Waals surface area contributed by atoms with Gasteiger partial charge in [-0.25, -0.2) is 0 Å². The summed E-state index contributed by atoms with van der Waals surface area (Å²) in [5.41, 5.74) is 8.45. The van der Waals surface area contributed by atoms with E-state index in [-0.39, 0.29) is 0 Å².